The van der Waals surface area contributed by atoms with Crippen LogP contribution in [0.4, 0.5) is 11.4 Å². The number of esters is 1. The third kappa shape index (κ3) is 3.51. The Balaban J connectivity index is 2.44. The zero-order valence-corrected chi connectivity index (χ0v) is 12.2. The van der Waals surface area contributed by atoms with E-state index in [1.54, 1.807) is 19.9 Å². The van der Waals surface area contributed by atoms with E-state index in [0.717, 1.165) is 11.3 Å². The first-order valence-corrected chi connectivity index (χ1v) is 6.67. The number of hydrogen-bond acceptors (Lipinski definition) is 5. The molecule has 2 aromatic rings. The van der Waals surface area contributed by atoms with Gasteiger partial charge in [-0.25, -0.2) is 9.59 Å². The van der Waals surface area contributed by atoms with Gasteiger partial charge in [-0.05, 0) is 32.9 Å². The first-order chi connectivity index (χ1) is 10.0. The number of hydrogen-bond donors (Lipinski definition) is 1. The normalized spacial score (nSPS) is 10.2. The molecule has 0 saturated heterocycles. The monoisotopic (exact) mass is 287 g/mol. The Morgan fingerprint density at radius 1 is 1.24 bits per heavy atom. The number of carbonyl (C=O) groups excluding carboxylic acids is 1. The van der Waals surface area contributed by atoms with E-state index >= 15 is 0 Å². The third-order valence-electron chi connectivity index (χ3n) is 2.88. The van der Waals surface area contributed by atoms with Gasteiger partial charge in [0.05, 0.1) is 12.3 Å². The van der Waals surface area contributed by atoms with Crippen molar-refractivity contribution in [2.75, 3.05) is 11.9 Å². The van der Waals surface area contributed by atoms with Crippen LogP contribution in [0.15, 0.2) is 39.5 Å². The molecule has 5 nitrogen and oxygen atoms in total. The molecule has 110 valence electrons. The van der Waals surface area contributed by atoms with E-state index in [1.807, 2.05) is 31.2 Å². The fourth-order valence-electron chi connectivity index (χ4n) is 1.90. The van der Waals surface area contributed by atoms with E-state index in [2.05, 4.69) is 5.32 Å². The largest absolute Gasteiger partial charge is 0.462 e. The topological polar surface area (TPSA) is 68.5 Å². The van der Waals surface area contributed by atoms with Crippen LogP contribution in [-0.2, 0) is 4.74 Å². The fourth-order valence-corrected chi connectivity index (χ4v) is 1.90. The summed E-state index contributed by atoms with van der Waals surface area (Å²) >= 11 is 0. The molecule has 0 unspecified atom stereocenters. The van der Waals surface area contributed by atoms with Gasteiger partial charge in [0.25, 0.3) is 0 Å². The highest BCUT2D eigenvalue weighted by atomic mass is 16.5. The summed E-state index contributed by atoms with van der Waals surface area (Å²) in [5.74, 6) is -0.275. The van der Waals surface area contributed by atoms with Gasteiger partial charge >= 0.3 is 11.6 Å². The lowest BCUT2D eigenvalue weighted by Crippen LogP contribution is -2.19. The van der Waals surface area contributed by atoms with Gasteiger partial charge in [0.1, 0.15) is 5.76 Å². The molecule has 2 rings (SSSR count). The van der Waals surface area contributed by atoms with Gasteiger partial charge in [0.2, 0.25) is 0 Å². The number of carbonyl (C=O) groups is 1. The van der Waals surface area contributed by atoms with Crippen molar-refractivity contribution in [3.05, 3.63) is 57.6 Å². The molecule has 0 fully saturated rings. The van der Waals surface area contributed by atoms with Crippen molar-refractivity contribution < 1.29 is 13.9 Å². The molecule has 0 aliphatic rings. The minimum absolute atomic E-state index is 0.122. The number of anilines is 2. The summed E-state index contributed by atoms with van der Waals surface area (Å²) < 4.78 is 9.88. The Labute approximate surface area is 122 Å². The molecular weight excluding hydrogens is 270 g/mol. The molecule has 0 saturated carbocycles. The maximum Gasteiger partial charge on any atom is 0.352 e. The van der Waals surface area contributed by atoms with Gasteiger partial charge in [-0.15, -0.1) is 0 Å². The van der Waals surface area contributed by atoms with Crippen LogP contribution < -0.4 is 10.9 Å². The van der Waals surface area contributed by atoms with Crippen LogP contribution in [0.25, 0.3) is 0 Å². The van der Waals surface area contributed by atoms with Crippen LogP contribution in [0, 0.1) is 13.8 Å². The Hall–Kier alpha value is -2.56. The zero-order valence-electron chi connectivity index (χ0n) is 12.2. The standard InChI is InChI=1S/C16H17NO4/c1-4-20-15(18)14-13(9-11(3)21-16(14)19)17-12-7-5-10(2)6-8-12/h5-9,17H,4H2,1-3H3. The highest BCUT2D eigenvalue weighted by molar-refractivity contribution is 5.96. The van der Waals surface area contributed by atoms with Crippen LogP contribution in [0.5, 0.6) is 0 Å². The number of ether oxygens (including phenoxy) is 1. The van der Waals surface area contributed by atoms with Crippen LogP contribution in [-0.4, -0.2) is 12.6 Å². The van der Waals surface area contributed by atoms with Crippen LogP contribution >= 0.6 is 0 Å². The second kappa shape index (κ2) is 6.26. The first-order valence-electron chi connectivity index (χ1n) is 6.67. The quantitative estimate of drug-likeness (QED) is 0.875. The van der Waals surface area contributed by atoms with Crippen molar-refractivity contribution in [1.82, 2.24) is 0 Å². The van der Waals surface area contributed by atoms with Crippen LogP contribution in [0.2, 0.25) is 0 Å². The maximum absolute atomic E-state index is 11.9. The van der Waals surface area contributed by atoms with Gasteiger partial charge in [-0.2, -0.15) is 0 Å². The summed E-state index contributed by atoms with van der Waals surface area (Å²) in [6.45, 7) is 5.50. The molecular formula is C16H17NO4. The Morgan fingerprint density at radius 2 is 1.90 bits per heavy atom. The highest BCUT2D eigenvalue weighted by Crippen LogP contribution is 2.21. The molecule has 1 N–H and O–H groups in total. The second-order valence-corrected chi connectivity index (χ2v) is 4.64. The lowest BCUT2D eigenvalue weighted by Gasteiger charge is -2.11. The summed E-state index contributed by atoms with van der Waals surface area (Å²) in [4.78, 5) is 23.8. The van der Waals surface area contributed by atoms with Gasteiger partial charge < -0.3 is 14.5 Å². The van der Waals surface area contributed by atoms with Gasteiger partial charge in [0, 0.05) is 11.8 Å². The summed E-state index contributed by atoms with van der Waals surface area (Å²) in [6.07, 6.45) is 0. The number of rotatable bonds is 4. The van der Waals surface area contributed by atoms with E-state index in [1.165, 1.54) is 0 Å². The molecule has 1 heterocycles. The van der Waals surface area contributed by atoms with E-state index < -0.39 is 11.6 Å². The Morgan fingerprint density at radius 3 is 2.52 bits per heavy atom. The minimum atomic E-state index is -0.705. The molecule has 21 heavy (non-hydrogen) atoms. The molecule has 0 bridgehead atoms. The summed E-state index contributed by atoms with van der Waals surface area (Å²) in [6, 6.07) is 9.21. The lowest BCUT2D eigenvalue weighted by molar-refractivity contribution is 0.0522. The predicted molar refractivity (Wildman–Crippen MR) is 80.1 cm³/mol. The second-order valence-electron chi connectivity index (χ2n) is 4.64. The smallest absolute Gasteiger partial charge is 0.352 e. The van der Waals surface area contributed by atoms with Crippen LogP contribution in [0.1, 0.15) is 28.6 Å². The van der Waals surface area contributed by atoms with Crippen LogP contribution in [0.3, 0.4) is 0 Å². The van der Waals surface area contributed by atoms with E-state index in [0.29, 0.717) is 11.4 Å². The predicted octanol–water partition coefficient (Wildman–Crippen LogP) is 3.18. The highest BCUT2D eigenvalue weighted by Gasteiger charge is 2.19. The summed E-state index contributed by atoms with van der Waals surface area (Å²) in [5, 5.41) is 3.06. The van der Waals surface area contributed by atoms with E-state index in [4.69, 9.17) is 9.15 Å². The van der Waals surface area contributed by atoms with Crippen molar-refractivity contribution in [3.8, 4) is 0 Å². The lowest BCUT2D eigenvalue weighted by atomic mass is 10.2. The zero-order chi connectivity index (χ0) is 15.4. The van der Waals surface area contributed by atoms with Crippen molar-refractivity contribution in [1.29, 1.82) is 0 Å². The number of aryl methyl sites for hydroxylation is 2. The van der Waals surface area contributed by atoms with Gasteiger partial charge in [-0.3, -0.25) is 0 Å². The minimum Gasteiger partial charge on any atom is -0.462 e. The molecule has 1 aromatic heterocycles. The molecule has 0 spiro atoms. The van der Waals surface area contributed by atoms with Crippen molar-refractivity contribution >= 4 is 17.3 Å². The fraction of sp³-hybridized carbons (Fsp3) is 0.250. The molecule has 1 aromatic carbocycles. The maximum atomic E-state index is 11.9. The molecule has 0 aliphatic carbocycles. The number of benzene rings is 1. The van der Waals surface area contributed by atoms with Crippen molar-refractivity contribution in [2.24, 2.45) is 0 Å². The third-order valence-corrected chi connectivity index (χ3v) is 2.88. The Bertz CT molecular complexity index is 701. The Kier molecular flexibility index (Phi) is 4.42. The molecule has 0 aliphatic heterocycles. The van der Waals surface area contributed by atoms with E-state index in [-0.39, 0.29) is 12.2 Å². The van der Waals surface area contributed by atoms with Crippen molar-refractivity contribution in [2.45, 2.75) is 20.8 Å². The molecule has 0 radical (unpaired) electrons. The van der Waals surface area contributed by atoms with Gasteiger partial charge in [0.15, 0.2) is 5.56 Å². The summed E-state index contributed by atoms with van der Waals surface area (Å²) in [5.41, 5.74) is 1.45. The molecule has 0 amide bonds. The number of nitrogens with one attached hydrogen (secondary N) is 1. The average molecular weight is 287 g/mol. The van der Waals surface area contributed by atoms with Crippen molar-refractivity contribution in [3.63, 3.8) is 0 Å². The van der Waals surface area contributed by atoms with E-state index in [9.17, 15) is 9.59 Å². The van der Waals surface area contributed by atoms with Gasteiger partial charge in [-0.1, -0.05) is 17.7 Å². The first kappa shape index (κ1) is 14.8. The molecule has 5 heteroatoms. The SMILES string of the molecule is CCOC(=O)c1c(Nc2ccc(C)cc2)cc(C)oc1=O. The average Bonchev–Trinajstić information content (AvgIpc) is 2.41. The molecule has 0 atom stereocenters. The summed E-state index contributed by atoms with van der Waals surface area (Å²) in [7, 11) is 0.